The van der Waals surface area contributed by atoms with Gasteiger partial charge in [-0.25, -0.2) is 8.42 Å². The van der Waals surface area contributed by atoms with Crippen molar-refractivity contribution in [3.8, 4) is 5.75 Å². The Kier molecular flexibility index (Phi) is 5.45. The molecule has 1 aliphatic heterocycles. The van der Waals surface area contributed by atoms with Crippen LogP contribution < -0.4 is 4.74 Å². The van der Waals surface area contributed by atoms with E-state index in [4.69, 9.17) is 17.0 Å². The number of hydrogen-bond donors (Lipinski definition) is 0. The van der Waals surface area contributed by atoms with Gasteiger partial charge in [0, 0.05) is 6.54 Å². The van der Waals surface area contributed by atoms with Crippen molar-refractivity contribution in [3.05, 3.63) is 34.7 Å². The Hall–Kier alpha value is -1.42. The molecule has 0 spiro atoms. The number of rotatable bonds is 5. The van der Waals surface area contributed by atoms with Crippen molar-refractivity contribution in [3.63, 3.8) is 0 Å². The molecular weight excluding hydrogens is 358 g/mol. The van der Waals surface area contributed by atoms with Crippen LogP contribution in [0.15, 0.2) is 29.2 Å². The van der Waals surface area contributed by atoms with E-state index in [0.29, 0.717) is 10.7 Å². The van der Waals surface area contributed by atoms with Crippen LogP contribution >= 0.6 is 24.0 Å². The number of allylic oxidation sites excluding steroid dienone is 1. The number of thiocarbonyl (C=S) groups is 1. The van der Waals surface area contributed by atoms with Gasteiger partial charge in [-0.1, -0.05) is 36.1 Å². The molecule has 1 amide bonds. The molecule has 1 fully saturated rings. The van der Waals surface area contributed by atoms with Crippen LogP contribution in [0.2, 0.25) is 0 Å². The molecule has 1 aromatic rings. The second-order valence-electron chi connectivity index (χ2n) is 4.77. The summed E-state index contributed by atoms with van der Waals surface area (Å²) in [6.45, 7) is 1.56. The lowest BCUT2D eigenvalue weighted by atomic mass is 10.1. The largest absolute Gasteiger partial charge is 0.748 e. The minimum Gasteiger partial charge on any atom is -0.748 e. The lowest BCUT2D eigenvalue weighted by Gasteiger charge is -2.15. The summed E-state index contributed by atoms with van der Waals surface area (Å²) in [5.74, 6) is -0.333. The minimum atomic E-state index is -4.40. The maximum Gasteiger partial charge on any atom is 0.266 e. The lowest BCUT2D eigenvalue weighted by molar-refractivity contribution is -0.121. The van der Waals surface area contributed by atoms with Gasteiger partial charge >= 0.3 is 0 Å². The number of hydrogen-bond acceptors (Lipinski definition) is 7. The third-order valence-electron chi connectivity index (χ3n) is 3.28. The van der Waals surface area contributed by atoms with Gasteiger partial charge in [-0.3, -0.25) is 9.69 Å². The first-order valence-electron chi connectivity index (χ1n) is 6.55. The number of carbonyl (C=O) groups is 1. The number of thioether (sulfide) groups is 1. The molecule has 1 aliphatic rings. The molecule has 0 radical (unpaired) electrons. The van der Waals surface area contributed by atoms with Gasteiger partial charge in [-0.05, 0) is 30.2 Å². The molecule has 0 atom stereocenters. The summed E-state index contributed by atoms with van der Waals surface area (Å²) < 4.78 is 37.5. The molecule has 0 aromatic heterocycles. The van der Waals surface area contributed by atoms with Crippen LogP contribution in [0.25, 0.3) is 5.57 Å². The Bertz CT molecular complexity index is 768. The molecule has 1 heterocycles. The SMILES string of the molecule is COc1ccc(/C(C)=C2/SC(=S)N(CCS(=O)(=O)[O-])C2=O)cc1. The molecule has 0 saturated carbocycles. The molecule has 9 heteroatoms. The van der Waals surface area contributed by atoms with Crippen molar-refractivity contribution in [2.75, 3.05) is 19.4 Å². The standard InChI is InChI=1S/C14H15NO5S3/c1-9(10-3-5-11(20-2)6-4-10)12-13(16)15(14(21)22-12)7-8-23(17,18)19/h3-6H,7-8H2,1-2H3,(H,17,18,19)/p-1/b12-9+. The predicted molar refractivity (Wildman–Crippen MR) is 92.1 cm³/mol. The molecule has 1 aromatic carbocycles. The zero-order chi connectivity index (χ0) is 17.2. The zero-order valence-corrected chi connectivity index (χ0v) is 14.9. The molecule has 0 aliphatic carbocycles. The fourth-order valence-electron chi connectivity index (χ4n) is 2.00. The van der Waals surface area contributed by atoms with Crippen LogP contribution in [0.3, 0.4) is 0 Å². The first-order chi connectivity index (χ1) is 10.7. The van der Waals surface area contributed by atoms with E-state index in [0.717, 1.165) is 27.8 Å². The Balaban J connectivity index is 2.25. The van der Waals surface area contributed by atoms with Gasteiger partial charge in [0.15, 0.2) is 0 Å². The maximum absolute atomic E-state index is 12.4. The van der Waals surface area contributed by atoms with Crippen molar-refractivity contribution >= 4 is 49.9 Å². The van der Waals surface area contributed by atoms with Crippen molar-refractivity contribution in [1.82, 2.24) is 4.90 Å². The third-order valence-corrected chi connectivity index (χ3v) is 5.51. The third kappa shape index (κ3) is 4.31. The highest BCUT2D eigenvalue weighted by atomic mass is 32.2. The van der Waals surface area contributed by atoms with Crippen LogP contribution in [0, 0.1) is 0 Å². The fourth-order valence-corrected chi connectivity index (χ4v) is 3.75. The van der Waals surface area contributed by atoms with Crippen LogP contribution in [0.4, 0.5) is 0 Å². The van der Waals surface area contributed by atoms with E-state index in [2.05, 4.69) is 0 Å². The normalized spacial score (nSPS) is 17.6. The molecule has 2 rings (SSSR count). The zero-order valence-electron chi connectivity index (χ0n) is 12.4. The van der Waals surface area contributed by atoms with Crippen LogP contribution in [0.1, 0.15) is 12.5 Å². The van der Waals surface area contributed by atoms with Crippen molar-refractivity contribution in [2.24, 2.45) is 0 Å². The maximum atomic E-state index is 12.4. The van der Waals surface area contributed by atoms with Gasteiger partial charge in [0.05, 0.1) is 27.9 Å². The van der Waals surface area contributed by atoms with Crippen molar-refractivity contribution in [2.45, 2.75) is 6.92 Å². The summed E-state index contributed by atoms with van der Waals surface area (Å²) in [6.07, 6.45) is 0. The molecule has 23 heavy (non-hydrogen) atoms. The Morgan fingerprint density at radius 2 is 1.96 bits per heavy atom. The Morgan fingerprint density at radius 1 is 1.35 bits per heavy atom. The fraction of sp³-hybridized carbons (Fsp3) is 0.286. The van der Waals surface area contributed by atoms with Gasteiger partial charge in [-0.15, -0.1) is 0 Å². The van der Waals surface area contributed by atoms with Gasteiger partial charge in [0.1, 0.15) is 10.1 Å². The first-order valence-corrected chi connectivity index (χ1v) is 9.35. The minimum absolute atomic E-state index is 0.226. The van der Waals surface area contributed by atoms with Crippen molar-refractivity contribution in [1.29, 1.82) is 0 Å². The van der Waals surface area contributed by atoms with E-state index >= 15 is 0 Å². The van der Waals surface area contributed by atoms with Crippen LogP contribution in [0.5, 0.6) is 5.75 Å². The van der Waals surface area contributed by atoms with Gasteiger partial charge in [-0.2, -0.15) is 0 Å². The number of benzene rings is 1. The van der Waals surface area contributed by atoms with Gasteiger partial charge in [0.25, 0.3) is 5.91 Å². The summed E-state index contributed by atoms with van der Waals surface area (Å²) >= 11 is 6.21. The summed E-state index contributed by atoms with van der Waals surface area (Å²) in [4.78, 5) is 14.0. The summed E-state index contributed by atoms with van der Waals surface area (Å²) in [7, 11) is -2.83. The number of nitrogens with zero attached hydrogens (tertiary/aromatic N) is 1. The number of carbonyl (C=O) groups excluding carboxylic acids is 1. The van der Waals surface area contributed by atoms with E-state index in [1.165, 1.54) is 0 Å². The highest BCUT2D eigenvalue weighted by Crippen LogP contribution is 2.36. The first kappa shape index (κ1) is 17.9. The molecule has 124 valence electrons. The predicted octanol–water partition coefficient (Wildman–Crippen LogP) is 1.83. The summed E-state index contributed by atoms with van der Waals surface area (Å²) in [6, 6.07) is 7.21. The molecular formula is C14H14NO5S3-. The highest BCUT2D eigenvalue weighted by Gasteiger charge is 2.33. The average molecular weight is 372 g/mol. The smallest absolute Gasteiger partial charge is 0.266 e. The Morgan fingerprint density at radius 3 is 2.48 bits per heavy atom. The summed E-state index contributed by atoms with van der Waals surface area (Å²) in [5, 5.41) is 0. The molecule has 0 N–H and O–H groups in total. The highest BCUT2D eigenvalue weighted by molar-refractivity contribution is 8.26. The number of methoxy groups -OCH3 is 1. The van der Waals surface area contributed by atoms with Crippen LogP contribution in [-0.4, -0.2) is 47.5 Å². The van der Waals surface area contributed by atoms with Gasteiger partial charge in [0.2, 0.25) is 0 Å². The molecule has 0 bridgehead atoms. The monoisotopic (exact) mass is 372 g/mol. The topological polar surface area (TPSA) is 86.7 Å². The lowest BCUT2D eigenvalue weighted by Crippen LogP contribution is -2.33. The average Bonchev–Trinajstić information content (AvgIpc) is 2.78. The van der Waals surface area contributed by atoms with E-state index in [1.54, 1.807) is 26.2 Å². The van der Waals surface area contributed by atoms with E-state index in [1.807, 2.05) is 12.1 Å². The number of ether oxygens (including phenoxy) is 1. The van der Waals surface area contributed by atoms with E-state index in [9.17, 15) is 17.8 Å². The Labute approximate surface area is 144 Å². The van der Waals surface area contributed by atoms with Crippen LogP contribution in [-0.2, 0) is 14.9 Å². The van der Waals surface area contributed by atoms with E-state index in [-0.39, 0.29) is 16.8 Å². The summed E-state index contributed by atoms with van der Waals surface area (Å²) in [5.41, 5.74) is 1.57. The molecule has 0 unspecified atom stereocenters. The number of amides is 1. The van der Waals surface area contributed by atoms with E-state index < -0.39 is 15.9 Å². The molecule has 1 saturated heterocycles. The van der Waals surface area contributed by atoms with Gasteiger partial charge < -0.3 is 9.29 Å². The second kappa shape index (κ2) is 7.00. The quantitative estimate of drug-likeness (QED) is 0.443. The second-order valence-corrected chi connectivity index (χ2v) is 7.94. The molecule has 6 nitrogen and oxygen atoms in total. The van der Waals surface area contributed by atoms with Crippen molar-refractivity contribution < 1.29 is 22.5 Å².